The highest BCUT2D eigenvalue weighted by molar-refractivity contribution is 5.67. The fourth-order valence-corrected chi connectivity index (χ4v) is 13.7. The minimum absolute atomic E-state index is 0.00121. The summed E-state index contributed by atoms with van der Waals surface area (Å²) in [6.07, 6.45) is 2.69. The molecule has 0 amide bonds. The number of rotatable bonds is 5. The number of esters is 2. The smallest absolute Gasteiger partial charge is 0.303 e. The van der Waals surface area contributed by atoms with E-state index >= 15 is 0 Å². The zero-order chi connectivity index (χ0) is 36.2. The van der Waals surface area contributed by atoms with E-state index in [2.05, 4.69) is 40.7 Å². The monoisotopic (exact) mass is 702 g/mol. The molecule has 0 aromatic rings. The molecular formula is C39H58O11. The summed E-state index contributed by atoms with van der Waals surface area (Å²) in [6, 6.07) is 0. The van der Waals surface area contributed by atoms with E-state index in [9.17, 15) is 24.9 Å². The van der Waals surface area contributed by atoms with Crippen molar-refractivity contribution >= 4 is 11.9 Å². The van der Waals surface area contributed by atoms with Crippen molar-refractivity contribution in [3.05, 3.63) is 11.6 Å². The lowest BCUT2D eigenvalue weighted by atomic mass is 9.44. The van der Waals surface area contributed by atoms with Gasteiger partial charge in [-0.3, -0.25) is 9.59 Å². The lowest BCUT2D eigenvalue weighted by Crippen LogP contribution is -2.60. The molecule has 7 fully saturated rings. The van der Waals surface area contributed by atoms with Gasteiger partial charge in [0.15, 0.2) is 24.3 Å². The van der Waals surface area contributed by atoms with Crippen molar-refractivity contribution in [3.8, 4) is 0 Å². The number of carbonyl (C=O) groups excluding carboxylic acids is 2. The molecular weight excluding hydrogens is 644 g/mol. The first-order chi connectivity index (χ1) is 23.2. The lowest BCUT2D eigenvalue weighted by molar-refractivity contribution is -0.304. The standard InChI is InChI=1S/C39H58O11/c1-19-16-22-30(34(6,7)44)50-39(49-22)29(19)35(8)14-15-38-18-37(38)13-12-26(33(4,5)24(37)10-11-25(38)36(35,9)32(39)43)48-31-28(47-21(3)41)27(42)23(17-45-31)46-20(2)40/h11,19,22-24,26-32,42-44H,10,12-18H2,1-9H3/t19-,22-,23-,24?,26+,27+,28-,29-,30-,31+,32-,35-,36-,37-,38+,39+/m1/s1. The molecule has 3 N–H and O–H groups in total. The van der Waals surface area contributed by atoms with E-state index in [1.165, 1.54) is 19.4 Å². The summed E-state index contributed by atoms with van der Waals surface area (Å²) in [5.41, 5.74) is -0.747. The minimum Gasteiger partial charge on any atom is -0.457 e. The third-order valence-electron chi connectivity index (χ3n) is 15.8. The largest absolute Gasteiger partial charge is 0.457 e. The number of carbonyl (C=O) groups is 2. The molecule has 8 rings (SSSR count). The van der Waals surface area contributed by atoms with Gasteiger partial charge >= 0.3 is 11.9 Å². The van der Waals surface area contributed by atoms with Crippen LogP contribution in [-0.4, -0.2) is 94.3 Å². The van der Waals surface area contributed by atoms with Gasteiger partial charge in [-0.2, -0.15) is 0 Å². The van der Waals surface area contributed by atoms with Crippen LogP contribution in [0.25, 0.3) is 0 Å². The SMILES string of the molecule is CC(=O)O[C@H]1[C@H](O[C@H]2CC[C@]34C[C@]35CC[C@]3(C)[C@H]6[C@H](C)C[C@H]7O[C@@]6(O[C@H]7C(C)(C)O)[C@H](O)[C@@]3(C)C5=CCC4C2(C)C)OC[C@@H](OC(C)=O)[C@@H]1O. The summed E-state index contributed by atoms with van der Waals surface area (Å²) in [4.78, 5) is 23.7. The number of ether oxygens (including phenoxy) is 6. The van der Waals surface area contributed by atoms with E-state index < -0.39 is 65.6 Å². The molecule has 4 saturated carbocycles. The molecule has 280 valence electrons. The molecule has 2 bridgehead atoms. The van der Waals surface area contributed by atoms with Crippen molar-refractivity contribution in [2.24, 2.45) is 44.8 Å². The molecule has 5 aliphatic carbocycles. The zero-order valence-corrected chi connectivity index (χ0v) is 31.2. The van der Waals surface area contributed by atoms with Crippen molar-refractivity contribution < 1.29 is 53.3 Å². The third kappa shape index (κ3) is 4.28. The van der Waals surface area contributed by atoms with E-state index in [1.807, 2.05) is 0 Å². The number of allylic oxidation sites excluding steroid dienone is 1. The van der Waals surface area contributed by atoms with Crippen LogP contribution in [0.15, 0.2) is 11.6 Å². The molecule has 11 heteroatoms. The Hall–Kier alpha value is -1.60. The second-order valence-corrected chi connectivity index (χ2v) is 19.0. The van der Waals surface area contributed by atoms with Crippen molar-refractivity contribution in [1.82, 2.24) is 0 Å². The van der Waals surface area contributed by atoms with Crippen LogP contribution in [0.2, 0.25) is 0 Å². The van der Waals surface area contributed by atoms with Crippen LogP contribution in [0, 0.1) is 44.8 Å². The zero-order valence-electron chi connectivity index (χ0n) is 31.2. The number of hydrogen-bond donors (Lipinski definition) is 3. The number of hydrogen-bond acceptors (Lipinski definition) is 11. The fourth-order valence-electron chi connectivity index (χ4n) is 13.7. The van der Waals surface area contributed by atoms with Crippen LogP contribution in [0.3, 0.4) is 0 Å². The average Bonchev–Trinajstić information content (AvgIpc) is 3.52. The minimum atomic E-state index is -1.28. The number of aliphatic hydroxyl groups excluding tert-OH is 2. The summed E-state index contributed by atoms with van der Waals surface area (Å²) in [5, 5.41) is 34.9. The van der Waals surface area contributed by atoms with Gasteiger partial charge in [0.1, 0.15) is 18.3 Å². The van der Waals surface area contributed by atoms with Crippen LogP contribution >= 0.6 is 0 Å². The molecule has 3 spiro atoms. The first kappa shape index (κ1) is 35.4. The molecule has 3 heterocycles. The van der Waals surface area contributed by atoms with Crippen molar-refractivity contribution in [1.29, 1.82) is 0 Å². The second-order valence-electron chi connectivity index (χ2n) is 19.0. The van der Waals surface area contributed by atoms with E-state index in [1.54, 1.807) is 13.8 Å². The highest BCUT2D eigenvalue weighted by atomic mass is 16.8. The predicted octanol–water partition coefficient (Wildman–Crippen LogP) is 4.18. The maximum atomic E-state index is 12.7. The van der Waals surface area contributed by atoms with Gasteiger partial charge in [-0.05, 0) is 92.3 Å². The molecule has 16 atom stereocenters. The van der Waals surface area contributed by atoms with Crippen LogP contribution in [0.4, 0.5) is 0 Å². The Kier molecular flexibility index (Phi) is 7.62. The molecule has 3 saturated heterocycles. The summed E-state index contributed by atoms with van der Waals surface area (Å²) in [5.74, 6) is -1.71. The fraction of sp³-hybridized carbons (Fsp3) is 0.897. The quantitative estimate of drug-likeness (QED) is 0.280. The van der Waals surface area contributed by atoms with Gasteiger partial charge < -0.3 is 43.7 Å². The predicted molar refractivity (Wildman–Crippen MR) is 178 cm³/mol. The molecule has 50 heavy (non-hydrogen) atoms. The molecule has 8 aliphatic rings. The third-order valence-corrected chi connectivity index (χ3v) is 15.8. The maximum absolute atomic E-state index is 12.7. The summed E-state index contributed by atoms with van der Waals surface area (Å²) < 4.78 is 37.1. The topological polar surface area (TPSA) is 150 Å². The Morgan fingerprint density at radius 1 is 1.00 bits per heavy atom. The van der Waals surface area contributed by atoms with Crippen molar-refractivity contribution in [3.63, 3.8) is 0 Å². The van der Waals surface area contributed by atoms with Crippen LogP contribution in [0.1, 0.15) is 107 Å². The lowest BCUT2D eigenvalue weighted by Gasteiger charge is -2.60. The van der Waals surface area contributed by atoms with E-state index in [4.69, 9.17) is 28.4 Å². The Morgan fingerprint density at radius 2 is 1.70 bits per heavy atom. The Balaban J connectivity index is 1.09. The van der Waals surface area contributed by atoms with Gasteiger partial charge in [-0.25, -0.2) is 0 Å². The maximum Gasteiger partial charge on any atom is 0.303 e. The van der Waals surface area contributed by atoms with Gasteiger partial charge in [-0.1, -0.05) is 46.3 Å². The van der Waals surface area contributed by atoms with Crippen LogP contribution in [0.5, 0.6) is 0 Å². The first-order valence-electron chi connectivity index (χ1n) is 19.0. The van der Waals surface area contributed by atoms with Crippen molar-refractivity contribution in [2.75, 3.05) is 6.61 Å². The highest BCUT2D eigenvalue weighted by Gasteiger charge is 2.86. The Morgan fingerprint density at radius 3 is 2.36 bits per heavy atom. The molecule has 0 radical (unpaired) electrons. The molecule has 0 aromatic carbocycles. The molecule has 3 aliphatic heterocycles. The highest BCUT2D eigenvalue weighted by Crippen LogP contribution is 2.89. The van der Waals surface area contributed by atoms with E-state index in [0.717, 1.165) is 44.9 Å². The van der Waals surface area contributed by atoms with Crippen LogP contribution in [-0.2, 0) is 38.0 Å². The van der Waals surface area contributed by atoms with Gasteiger partial charge in [0, 0.05) is 25.2 Å². The summed E-state index contributed by atoms with van der Waals surface area (Å²) >= 11 is 0. The normalized spacial score (nSPS) is 54.2. The Labute approximate surface area is 295 Å². The van der Waals surface area contributed by atoms with E-state index in [0.29, 0.717) is 5.92 Å². The van der Waals surface area contributed by atoms with Gasteiger partial charge in [-0.15, -0.1) is 0 Å². The van der Waals surface area contributed by atoms with Gasteiger partial charge in [0.2, 0.25) is 0 Å². The second kappa shape index (κ2) is 10.8. The summed E-state index contributed by atoms with van der Waals surface area (Å²) in [6.45, 7) is 17.5. The van der Waals surface area contributed by atoms with Crippen LogP contribution < -0.4 is 0 Å². The molecule has 0 aromatic heterocycles. The number of aliphatic hydroxyl groups is 3. The van der Waals surface area contributed by atoms with E-state index in [-0.39, 0.29) is 52.3 Å². The first-order valence-corrected chi connectivity index (χ1v) is 19.0. The molecule has 11 nitrogen and oxygen atoms in total. The van der Waals surface area contributed by atoms with Gasteiger partial charge in [0.05, 0.1) is 24.4 Å². The Bertz CT molecular complexity index is 1490. The summed E-state index contributed by atoms with van der Waals surface area (Å²) in [7, 11) is 0. The average molecular weight is 703 g/mol. The number of fused-ring (bicyclic) bond motifs is 4. The van der Waals surface area contributed by atoms with Crippen molar-refractivity contribution in [2.45, 2.75) is 168 Å². The van der Waals surface area contributed by atoms with Gasteiger partial charge in [0.25, 0.3) is 0 Å². The molecule has 1 unspecified atom stereocenters.